The Morgan fingerprint density at radius 2 is 2.16 bits per heavy atom. The van der Waals surface area contributed by atoms with Crippen LogP contribution in [0.2, 0.25) is 0 Å². The first-order chi connectivity index (χ1) is 9.29. The van der Waals surface area contributed by atoms with Crippen molar-refractivity contribution in [2.45, 2.75) is 33.4 Å². The molecule has 0 radical (unpaired) electrons. The van der Waals surface area contributed by atoms with Crippen LogP contribution in [0.25, 0.3) is 0 Å². The molecule has 0 aliphatic rings. The lowest BCUT2D eigenvalue weighted by molar-refractivity contribution is 0.282. The fourth-order valence-corrected chi connectivity index (χ4v) is 1.73. The number of nitrogens with zero attached hydrogens (tertiary/aromatic N) is 2. The van der Waals surface area contributed by atoms with E-state index in [9.17, 15) is 0 Å². The Labute approximate surface area is 113 Å². The number of aromatic nitrogens is 2. The molecule has 0 fully saturated rings. The minimum atomic E-state index is 0.322. The highest BCUT2D eigenvalue weighted by atomic mass is 16.5. The van der Waals surface area contributed by atoms with Gasteiger partial charge in [0.1, 0.15) is 5.75 Å². The summed E-state index contributed by atoms with van der Waals surface area (Å²) in [5.74, 6) is 1.97. The average Bonchev–Trinajstić information content (AvgIpc) is 2.84. The maximum atomic E-state index is 5.74. The summed E-state index contributed by atoms with van der Waals surface area (Å²) in [6.07, 6.45) is 1.12. The molecular formula is C14H19N3O2. The standard InChI is InChI=1S/C14H19N3O2/c1-3-8-15-9-12-6-4-5-7-13(12)18-10-14-16-11(2)19-17-14/h4-7,15H,3,8-10H2,1-2H3. The van der Waals surface area contributed by atoms with E-state index in [4.69, 9.17) is 9.26 Å². The maximum Gasteiger partial charge on any atom is 0.223 e. The Morgan fingerprint density at radius 3 is 2.89 bits per heavy atom. The smallest absolute Gasteiger partial charge is 0.223 e. The highest BCUT2D eigenvalue weighted by Gasteiger charge is 2.06. The minimum Gasteiger partial charge on any atom is -0.485 e. The summed E-state index contributed by atoms with van der Waals surface area (Å²) >= 11 is 0. The molecule has 1 aromatic heterocycles. The van der Waals surface area contributed by atoms with Crippen LogP contribution in [0.4, 0.5) is 0 Å². The van der Waals surface area contributed by atoms with Crippen molar-refractivity contribution < 1.29 is 9.26 Å². The van der Waals surface area contributed by atoms with Gasteiger partial charge in [-0.2, -0.15) is 4.98 Å². The molecule has 0 aliphatic carbocycles. The number of aryl methyl sites for hydroxylation is 1. The molecule has 0 bridgehead atoms. The number of hydrogen-bond acceptors (Lipinski definition) is 5. The third-order valence-electron chi connectivity index (χ3n) is 2.64. The molecule has 1 N–H and O–H groups in total. The molecule has 2 aromatic rings. The van der Waals surface area contributed by atoms with Gasteiger partial charge in [0.05, 0.1) is 0 Å². The molecule has 19 heavy (non-hydrogen) atoms. The molecule has 0 aliphatic heterocycles. The van der Waals surface area contributed by atoms with Gasteiger partial charge in [-0.3, -0.25) is 0 Å². The first-order valence-corrected chi connectivity index (χ1v) is 6.50. The Balaban J connectivity index is 1.95. The van der Waals surface area contributed by atoms with E-state index in [1.54, 1.807) is 6.92 Å². The molecule has 0 atom stereocenters. The lowest BCUT2D eigenvalue weighted by atomic mass is 10.2. The Bertz CT molecular complexity index is 511. The third-order valence-corrected chi connectivity index (χ3v) is 2.64. The third kappa shape index (κ3) is 4.06. The van der Waals surface area contributed by atoms with Crippen LogP contribution in [0.15, 0.2) is 28.8 Å². The van der Waals surface area contributed by atoms with Crippen molar-refractivity contribution in [2.24, 2.45) is 0 Å². The molecule has 102 valence electrons. The van der Waals surface area contributed by atoms with E-state index in [0.717, 1.165) is 30.8 Å². The van der Waals surface area contributed by atoms with Crippen molar-refractivity contribution in [1.82, 2.24) is 15.5 Å². The molecule has 0 unspecified atom stereocenters. The summed E-state index contributed by atoms with van der Waals surface area (Å²) in [5.41, 5.74) is 1.14. The van der Waals surface area contributed by atoms with Crippen molar-refractivity contribution in [2.75, 3.05) is 6.54 Å². The Morgan fingerprint density at radius 1 is 1.32 bits per heavy atom. The van der Waals surface area contributed by atoms with E-state index in [1.807, 2.05) is 18.2 Å². The number of benzene rings is 1. The second-order valence-corrected chi connectivity index (χ2v) is 4.30. The molecule has 2 rings (SSSR count). The van der Waals surface area contributed by atoms with Gasteiger partial charge < -0.3 is 14.6 Å². The monoisotopic (exact) mass is 261 g/mol. The van der Waals surface area contributed by atoms with Crippen molar-refractivity contribution >= 4 is 0 Å². The summed E-state index contributed by atoms with van der Waals surface area (Å²) in [6.45, 7) is 6.03. The first kappa shape index (κ1) is 13.5. The molecule has 0 amide bonds. The molecule has 5 nitrogen and oxygen atoms in total. The van der Waals surface area contributed by atoms with Crippen molar-refractivity contribution in [3.63, 3.8) is 0 Å². The van der Waals surface area contributed by atoms with Crippen LogP contribution in [0.5, 0.6) is 5.75 Å². The van der Waals surface area contributed by atoms with Gasteiger partial charge in [-0.1, -0.05) is 30.3 Å². The molecule has 0 saturated carbocycles. The zero-order valence-electron chi connectivity index (χ0n) is 11.3. The van der Waals surface area contributed by atoms with Gasteiger partial charge in [0, 0.05) is 19.0 Å². The van der Waals surface area contributed by atoms with Crippen LogP contribution >= 0.6 is 0 Å². The van der Waals surface area contributed by atoms with E-state index in [2.05, 4.69) is 28.4 Å². The van der Waals surface area contributed by atoms with E-state index in [1.165, 1.54) is 0 Å². The van der Waals surface area contributed by atoms with E-state index in [0.29, 0.717) is 18.3 Å². The molecule has 0 saturated heterocycles. The van der Waals surface area contributed by atoms with Crippen LogP contribution in [-0.4, -0.2) is 16.7 Å². The fourth-order valence-electron chi connectivity index (χ4n) is 1.73. The van der Waals surface area contributed by atoms with Gasteiger partial charge in [0.25, 0.3) is 0 Å². The minimum absolute atomic E-state index is 0.322. The summed E-state index contributed by atoms with van der Waals surface area (Å²) in [7, 11) is 0. The summed E-state index contributed by atoms with van der Waals surface area (Å²) in [5, 5.41) is 7.17. The fraction of sp³-hybridized carbons (Fsp3) is 0.429. The second kappa shape index (κ2) is 6.89. The van der Waals surface area contributed by atoms with E-state index in [-0.39, 0.29) is 0 Å². The van der Waals surface area contributed by atoms with Gasteiger partial charge in [-0.05, 0) is 19.0 Å². The van der Waals surface area contributed by atoms with Crippen molar-refractivity contribution in [3.05, 3.63) is 41.5 Å². The molecule has 5 heteroatoms. The van der Waals surface area contributed by atoms with Crippen LogP contribution in [0, 0.1) is 6.92 Å². The highest BCUT2D eigenvalue weighted by Crippen LogP contribution is 2.18. The summed E-state index contributed by atoms with van der Waals surface area (Å²) in [4.78, 5) is 4.11. The number of nitrogens with one attached hydrogen (secondary N) is 1. The average molecular weight is 261 g/mol. The van der Waals surface area contributed by atoms with Gasteiger partial charge in [0.2, 0.25) is 11.7 Å². The quantitative estimate of drug-likeness (QED) is 0.776. The number of rotatable bonds is 7. The predicted molar refractivity (Wildman–Crippen MR) is 71.8 cm³/mol. The Hall–Kier alpha value is -1.88. The second-order valence-electron chi connectivity index (χ2n) is 4.30. The topological polar surface area (TPSA) is 60.2 Å². The van der Waals surface area contributed by atoms with Gasteiger partial charge in [-0.25, -0.2) is 0 Å². The van der Waals surface area contributed by atoms with Crippen molar-refractivity contribution in [3.8, 4) is 5.75 Å². The zero-order chi connectivity index (χ0) is 13.5. The first-order valence-electron chi connectivity index (χ1n) is 6.50. The van der Waals surface area contributed by atoms with Crippen LogP contribution in [-0.2, 0) is 13.2 Å². The van der Waals surface area contributed by atoms with E-state index < -0.39 is 0 Å². The molecule has 1 aromatic carbocycles. The Kier molecular flexibility index (Phi) is 4.92. The van der Waals surface area contributed by atoms with Gasteiger partial charge in [-0.15, -0.1) is 0 Å². The molecular weight excluding hydrogens is 242 g/mol. The van der Waals surface area contributed by atoms with Crippen LogP contribution < -0.4 is 10.1 Å². The number of hydrogen-bond donors (Lipinski definition) is 1. The maximum absolute atomic E-state index is 5.74. The summed E-state index contributed by atoms with van der Waals surface area (Å²) < 4.78 is 10.7. The summed E-state index contributed by atoms with van der Waals surface area (Å²) in [6, 6.07) is 7.98. The van der Waals surface area contributed by atoms with E-state index >= 15 is 0 Å². The SMILES string of the molecule is CCCNCc1ccccc1OCc1noc(C)n1. The van der Waals surface area contributed by atoms with Gasteiger partial charge in [0.15, 0.2) is 6.61 Å². The van der Waals surface area contributed by atoms with Crippen LogP contribution in [0.3, 0.4) is 0 Å². The highest BCUT2D eigenvalue weighted by molar-refractivity contribution is 5.33. The zero-order valence-corrected chi connectivity index (χ0v) is 11.3. The number of para-hydroxylation sites is 1. The largest absolute Gasteiger partial charge is 0.485 e. The normalized spacial score (nSPS) is 10.6. The lowest BCUT2D eigenvalue weighted by Crippen LogP contribution is -2.14. The lowest BCUT2D eigenvalue weighted by Gasteiger charge is -2.10. The van der Waals surface area contributed by atoms with Crippen molar-refractivity contribution in [1.29, 1.82) is 0 Å². The molecule has 0 spiro atoms. The van der Waals surface area contributed by atoms with Crippen LogP contribution in [0.1, 0.15) is 30.6 Å². The number of ether oxygens (including phenoxy) is 1. The molecule has 1 heterocycles. The van der Waals surface area contributed by atoms with Gasteiger partial charge >= 0.3 is 0 Å². The predicted octanol–water partition coefficient (Wildman–Crippen LogP) is 2.46.